The highest BCUT2D eigenvalue weighted by atomic mass is 32.1. The van der Waals surface area contributed by atoms with Crippen LogP contribution in [0.5, 0.6) is 5.75 Å². The quantitative estimate of drug-likeness (QED) is 0.341. The summed E-state index contributed by atoms with van der Waals surface area (Å²) in [6.07, 6.45) is 1.60. The molecule has 3 aromatic rings. The SMILES string of the molecule is NC(CO)c1ncc(-c2ccc(OCCCCCCc3ccccc3)c(C(F)(F)F)c2)s1. The molecule has 0 aliphatic heterocycles. The number of alkyl halides is 3. The lowest BCUT2D eigenvalue weighted by molar-refractivity contribution is -0.138. The van der Waals surface area contributed by atoms with Gasteiger partial charge in [0.05, 0.1) is 29.7 Å². The topological polar surface area (TPSA) is 68.4 Å². The van der Waals surface area contributed by atoms with Crippen molar-refractivity contribution in [2.75, 3.05) is 13.2 Å². The zero-order valence-corrected chi connectivity index (χ0v) is 18.5. The first-order valence-corrected chi connectivity index (χ1v) is 11.4. The molecule has 0 aliphatic rings. The summed E-state index contributed by atoms with van der Waals surface area (Å²) < 4.78 is 46.4. The minimum absolute atomic E-state index is 0.165. The third kappa shape index (κ3) is 6.79. The molecule has 0 spiro atoms. The van der Waals surface area contributed by atoms with Crippen LogP contribution in [0.15, 0.2) is 54.7 Å². The van der Waals surface area contributed by atoms with E-state index in [1.807, 2.05) is 18.2 Å². The molecule has 0 amide bonds. The molecule has 172 valence electrons. The molecule has 2 aromatic carbocycles. The summed E-state index contributed by atoms with van der Waals surface area (Å²) in [5.41, 5.74) is 6.61. The number of aromatic nitrogens is 1. The van der Waals surface area contributed by atoms with Crippen molar-refractivity contribution < 1.29 is 23.0 Å². The van der Waals surface area contributed by atoms with E-state index in [1.54, 1.807) is 6.07 Å². The van der Waals surface area contributed by atoms with E-state index in [1.165, 1.54) is 29.2 Å². The van der Waals surface area contributed by atoms with Crippen LogP contribution < -0.4 is 10.5 Å². The number of hydrogen-bond donors (Lipinski definition) is 2. The number of aliphatic hydroxyl groups excluding tert-OH is 1. The fourth-order valence-corrected chi connectivity index (χ4v) is 4.22. The van der Waals surface area contributed by atoms with E-state index >= 15 is 0 Å². The second kappa shape index (κ2) is 11.4. The summed E-state index contributed by atoms with van der Waals surface area (Å²) in [5.74, 6) is -0.165. The molecule has 3 rings (SSSR count). The summed E-state index contributed by atoms with van der Waals surface area (Å²) in [4.78, 5) is 4.66. The Labute approximate surface area is 189 Å². The van der Waals surface area contributed by atoms with Crippen molar-refractivity contribution >= 4 is 11.3 Å². The summed E-state index contributed by atoms with van der Waals surface area (Å²) in [7, 11) is 0. The Morgan fingerprint density at radius 3 is 2.50 bits per heavy atom. The van der Waals surface area contributed by atoms with Gasteiger partial charge in [-0.15, -0.1) is 11.3 Å². The molecule has 3 N–H and O–H groups in total. The van der Waals surface area contributed by atoms with Crippen molar-refractivity contribution in [1.29, 1.82) is 0 Å². The predicted molar refractivity (Wildman–Crippen MR) is 121 cm³/mol. The summed E-state index contributed by atoms with van der Waals surface area (Å²) >= 11 is 1.17. The number of ether oxygens (including phenoxy) is 1. The second-order valence-corrected chi connectivity index (χ2v) is 8.62. The third-order valence-corrected chi connectivity index (χ3v) is 6.25. The number of benzene rings is 2. The molecule has 1 unspecified atom stereocenters. The van der Waals surface area contributed by atoms with Crippen molar-refractivity contribution in [2.24, 2.45) is 5.73 Å². The van der Waals surface area contributed by atoms with Gasteiger partial charge in [-0.2, -0.15) is 13.2 Å². The van der Waals surface area contributed by atoms with Crippen molar-refractivity contribution in [3.05, 3.63) is 70.9 Å². The van der Waals surface area contributed by atoms with Crippen LogP contribution in [0, 0.1) is 0 Å². The van der Waals surface area contributed by atoms with E-state index in [-0.39, 0.29) is 19.0 Å². The van der Waals surface area contributed by atoms with Gasteiger partial charge in [0, 0.05) is 6.20 Å². The molecule has 0 fully saturated rings. The van der Waals surface area contributed by atoms with Crippen molar-refractivity contribution in [3.63, 3.8) is 0 Å². The molecule has 32 heavy (non-hydrogen) atoms. The van der Waals surface area contributed by atoms with Crippen LogP contribution in [-0.2, 0) is 12.6 Å². The summed E-state index contributed by atoms with van der Waals surface area (Å²) in [6, 6.07) is 13.6. The lowest BCUT2D eigenvalue weighted by Gasteiger charge is -2.15. The highest BCUT2D eigenvalue weighted by Crippen LogP contribution is 2.40. The van der Waals surface area contributed by atoms with Crippen LogP contribution in [-0.4, -0.2) is 23.3 Å². The Hall–Kier alpha value is -2.42. The van der Waals surface area contributed by atoms with Gasteiger partial charge in [0.25, 0.3) is 0 Å². The number of nitrogens with zero attached hydrogens (tertiary/aromatic N) is 1. The summed E-state index contributed by atoms with van der Waals surface area (Å²) in [5, 5.41) is 9.61. The average molecular weight is 465 g/mol. The number of aliphatic hydroxyl groups is 1. The van der Waals surface area contributed by atoms with E-state index < -0.39 is 17.8 Å². The van der Waals surface area contributed by atoms with Crippen molar-refractivity contribution in [1.82, 2.24) is 4.98 Å². The molecule has 1 aromatic heterocycles. The number of thiazole rings is 1. The maximum absolute atomic E-state index is 13.6. The second-order valence-electron chi connectivity index (χ2n) is 7.56. The molecule has 0 saturated heterocycles. The monoisotopic (exact) mass is 464 g/mol. The highest BCUT2D eigenvalue weighted by Gasteiger charge is 2.35. The lowest BCUT2D eigenvalue weighted by Crippen LogP contribution is -2.13. The number of hydrogen-bond acceptors (Lipinski definition) is 5. The standard InChI is InChI=1S/C24H27F3N2O2S/c25-24(26,27)19-14-18(22-15-29-23(32-22)20(28)16-30)11-12-21(19)31-13-7-2-1-4-8-17-9-5-3-6-10-17/h3,5-6,9-12,14-15,20,30H,1-2,4,7-8,13,16,28H2. The zero-order valence-electron chi connectivity index (χ0n) is 17.6. The van der Waals surface area contributed by atoms with E-state index in [0.717, 1.165) is 31.7 Å². The first-order valence-electron chi connectivity index (χ1n) is 10.6. The van der Waals surface area contributed by atoms with Gasteiger partial charge in [-0.3, -0.25) is 0 Å². The number of halogens is 3. The Balaban J connectivity index is 1.55. The molecule has 8 heteroatoms. The third-order valence-electron chi connectivity index (χ3n) is 5.07. The smallest absolute Gasteiger partial charge is 0.419 e. The van der Waals surface area contributed by atoms with E-state index in [4.69, 9.17) is 15.6 Å². The van der Waals surface area contributed by atoms with Crippen LogP contribution in [0.25, 0.3) is 10.4 Å². The molecular weight excluding hydrogens is 437 g/mol. The predicted octanol–water partition coefficient (Wildman–Crippen LogP) is 6.00. The van der Waals surface area contributed by atoms with Gasteiger partial charge < -0.3 is 15.6 Å². The maximum atomic E-state index is 13.6. The Bertz CT molecular complexity index is 977. The van der Waals surface area contributed by atoms with E-state index in [0.29, 0.717) is 21.9 Å². The van der Waals surface area contributed by atoms with Crippen LogP contribution >= 0.6 is 11.3 Å². The fraction of sp³-hybridized carbons (Fsp3) is 0.375. The normalized spacial score (nSPS) is 12.7. The van der Waals surface area contributed by atoms with Gasteiger partial charge in [-0.25, -0.2) is 4.98 Å². The Morgan fingerprint density at radius 1 is 1.03 bits per heavy atom. The largest absolute Gasteiger partial charge is 0.493 e. The van der Waals surface area contributed by atoms with E-state index in [9.17, 15) is 13.2 Å². The minimum atomic E-state index is -4.53. The van der Waals surface area contributed by atoms with Gasteiger partial charge in [-0.1, -0.05) is 43.2 Å². The Morgan fingerprint density at radius 2 is 1.78 bits per heavy atom. The minimum Gasteiger partial charge on any atom is -0.493 e. The lowest BCUT2D eigenvalue weighted by atomic mass is 10.1. The molecule has 1 atom stereocenters. The fourth-order valence-electron chi connectivity index (χ4n) is 3.31. The molecule has 4 nitrogen and oxygen atoms in total. The molecule has 1 heterocycles. The molecule has 0 aliphatic carbocycles. The molecule has 0 saturated carbocycles. The zero-order chi connectivity index (χ0) is 23.0. The van der Waals surface area contributed by atoms with Crippen LogP contribution in [0.4, 0.5) is 13.2 Å². The van der Waals surface area contributed by atoms with E-state index in [2.05, 4.69) is 17.1 Å². The first-order chi connectivity index (χ1) is 15.4. The van der Waals surface area contributed by atoms with Crippen LogP contribution in [0.2, 0.25) is 0 Å². The maximum Gasteiger partial charge on any atom is 0.419 e. The van der Waals surface area contributed by atoms with Crippen LogP contribution in [0.1, 0.15) is 47.9 Å². The van der Waals surface area contributed by atoms with Crippen LogP contribution in [0.3, 0.4) is 0 Å². The molecule has 0 radical (unpaired) electrons. The average Bonchev–Trinajstić information content (AvgIpc) is 3.28. The molecular formula is C24H27F3N2O2S. The van der Waals surface area contributed by atoms with Gasteiger partial charge in [0.1, 0.15) is 10.8 Å². The van der Waals surface area contributed by atoms with Crippen molar-refractivity contribution in [3.8, 4) is 16.2 Å². The Kier molecular flexibility index (Phi) is 8.67. The number of nitrogens with two attached hydrogens (primary N) is 1. The van der Waals surface area contributed by atoms with Gasteiger partial charge in [-0.05, 0) is 48.6 Å². The number of unbranched alkanes of at least 4 members (excludes halogenated alkanes) is 3. The van der Waals surface area contributed by atoms with Crippen molar-refractivity contribution in [2.45, 2.75) is 44.3 Å². The highest BCUT2D eigenvalue weighted by molar-refractivity contribution is 7.15. The number of aryl methyl sites for hydroxylation is 1. The first kappa shape index (κ1) is 24.2. The van der Waals surface area contributed by atoms with Gasteiger partial charge in [0.2, 0.25) is 0 Å². The number of rotatable bonds is 11. The summed E-state index contributed by atoms with van der Waals surface area (Å²) in [6.45, 7) is -0.0381. The van der Waals surface area contributed by atoms with Gasteiger partial charge in [0.15, 0.2) is 0 Å². The van der Waals surface area contributed by atoms with Gasteiger partial charge >= 0.3 is 6.18 Å². The molecule has 0 bridgehead atoms.